The van der Waals surface area contributed by atoms with Crippen LogP contribution in [0.2, 0.25) is 0 Å². The van der Waals surface area contributed by atoms with Crippen LogP contribution in [0.1, 0.15) is 25.2 Å². The van der Waals surface area contributed by atoms with Crippen LogP contribution in [0.3, 0.4) is 0 Å². The Morgan fingerprint density at radius 2 is 2.00 bits per heavy atom. The number of aromatic hydroxyl groups is 1. The molecule has 0 spiro atoms. The molecule has 2 rings (SSSR count). The van der Waals surface area contributed by atoms with Gasteiger partial charge in [0.25, 0.3) is 5.89 Å². The van der Waals surface area contributed by atoms with Gasteiger partial charge in [-0.05, 0) is 37.7 Å². The van der Waals surface area contributed by atoms with Crippen molar-refractivity contribution in [2.24, 2.45) is 0 Å². The van der Waals surface area contributed by atoms with E-state index < -0.39 is 0 Å². The van der Waals surface area contributed by atoms with Crippen molar-refractivity contribution in [2.75, 3.05) is 19.6 Å². The number of aromatic nitrogens is 2. The first-order valence-electron chi connectivity index (χ1n) is 6.99. The Morgan fingerprint density at radius 1 is 1.25 bits per heavy atom. The molecular formula is C15H21N3O2. The van der Waals surface area contributed by atoms with E-state index >= 15 is 0 Å². The summed E-state index contributed by atoms with van der Waals surface area (Å²) in [5, 5.41) is 13.9. The number of rotatable bonds is 6. The van der Waals surface area contributed by atoms with Crippen LogP contribution in [-0.2, 0) is 6.42 Å². The molecule has 1 aromatic carbocycles. The molecule has 0 atom stereocenters. The summed E-state index contributed by atoms with van der Waals surface area (Å²) < 4.78 is 5.23. The lowest BCUT2D eigenvalue weighted by Crippen LogP contribution is -2.25. The van der Waals surface area contributed by atoms with Gasteiger partial charge >= 0.3 is 0 Å². The fourth-order valence-electron chi connectivity index (χ4n) is 2.09. The van der Waals surface area contributed by atoms with Crippen molar-refractivity contribution in [1.29, 1.82) is 0 Å². The Labute approximate surface area is 119 Å². The molecule has 0 radical (unpaired) electrons. The second-order valence-corrected chi connectivity index (χ2v) is 4.81. The molecule has 0 aliphatic heterocycles. The molecule has 20 heavy (non-hydrogen) atoms. The number of phenols is 1. The van der Waals surface area contributed by atoms with Gasteiger partial charge in [0.1, 0.15) is 5.75 Å². The number of hydrogen-bond acceptors (Lipinski definition) is 5. The van der Waals surface area contributed by atoms with Crippen molar-refractivity contribution in [2.45, 2.75) is 27.2 Å². The third-order valence-electron chi connectivity index (χ3n) is 3.40. The normalized spacial score (nSPS) is 11.2. The fraction of sp³-hybridized carbons (Fsp3) is 0.467. The molecular weight excluding hydrogens is 254 g/mol. The van der Waals surface area contributed by atoms with Gasteiger partial charge in [0.05, 0.1) is 5.56 Å². The Hall–Kier alpha value is -1.88. The number of nitrogens with zero attached hydrogens (tertiary/aromatic N) is 3. The van der Waals surface area contributed by atoms with Gasteiger partial charge in [-0.3, -0.25) is 0 Å². The largest absolute Gasteiger partial charge is 0.507 e. The van der Waals surface area contributed by atoms with E-state index in [9.17, 15) is 5.11 Å². The standard InChI is InChI=1S/C15H21N3O2/c1-4-18(5-2)9-8-14-16-15(20-17-14)12-7-6-11(3)10-13(12)19/h6-7,10,19H,4-5,8-9H2,1-3H3. The Balaban J connectivity index is 2.08. The van der Waals surface area contributed by atoms with Gasteiger partial charge in [0, 0.05) is 13.0 Å². The summed E-state index contributed by atoms with van der Waals surface area (Å²) in [7, 11) is 0. The van der Waals surface area contributed by atoms with Crippen molar-refractivity contribution < 1.29 is 9.63 Å². The minimum Gasteiger partial charge on any atom is -0.507 e. The monoisotopic (exact) mass is 275 g/mol. The molecule has 5 nitrogen and oxygen atoms in total. The molecule has 0 saturated carbocycles. The van der Waals surface area contributed by atoms with Gasteiger partial charge in [-0.2, -0.15) is 4.98 Å². The second-order valence-electron chi connectivity index (χ2n) is 4.81. The average Bonchev–Trinajstić information content (AvgIpc) is 2.88. The smallest absolute Gasteiger partial charge is 0.261 e. The zero-order valence-electron chi connectivity index (χ0n) is 12.3. The van der Waals surface area contributed by atoms with Gasteiger partial charge in [-0.25, -0.2) is 0 Å². The first-order valence-corrected chi connectivity index (χ1v) is 6.99. The van der Waals surface area contributed by atoms with Crippen molar-refractivity contribution in [1.82, 2.24) is 15.0 Å². The van der Waals surface area contributed by atoms with Gasteiger partial charge in [-0.15, -0.1) is 0 Å². The van der Waals surface area contributed by atoms with Crippen LogP contribution in [-0.4, -0.2) is 39.8 Å². The van der Waals surface area contributed by atoms with Crippen molar-refractivity contribution >= 4 is 0 Å². The number of likely N-dealkylation sites (N-methyl/N-ethyl adjacent to an activating group) is 1. The molecule has 0 fully saturated rings. The summed E-state index contributed by atoms with van der Waals surface area (Å²) in [5.41, 5.74) is 1.57. The topological polar surface area (TPSA) is 62.4 Å². The molecule has 0 bridgehead atoms. The summed E-state index contributed by atoms with van der Waals surface area (Å²) in [5.74, 6) is 1.22. The zero-order chi connectivity index (χ0) is 14.5. The minimum atomic E-state index is 0.170. The van der Waals surface area contributed by atoms with Gasteiger partial charge in [0.2, 0.25) is 0 Å². The lowest BCUT2D eigenvalue weighted by atomic mass is 10.1. The quantitative estimate of drug-likeness (QED) is 0.878. The lowest BCUT2D eigenvalue weighted by molar-refractivity contribution is 0.303. The van der Waals surface area contributed by atoms with Crippen LogP contribution in [0.4, 0.5) is 0 Å². The molecule has 5 heteroatoms. The van der Waals surface area contributed by atoms with Gasteiger partial charge in [0.15, 0.2) is 5.82 Å². The minimum absolute atomic E-state index is 0.170. The summed E-state index contributed by atoms with van der Waals surface area (Å²) in [6, 6.07) is 5.40. The molecule has 0 amide bonds. The zero-order valence-corrected chi connectivity index (χ0v) is 12.3. The maximum Gasteiger partial charge on any atom is 0.261 e. The van der Waals surface area contributed by atoms with Crippen LogP contribution in [0, 0.1) is 6.92 Å². The summed E-state index contributed by atoms with van der Waals surface area (Å²) in [4.78, 5) is 6.65. The average molecular weight is 275 g/mol. The highest BCUT2D eigenvalue weighted by atomic mass is 16.5. The molecule has 2 aromatic rings. The van der Waals surface area contributed by atoms with Crippen LogP contribution in [0.5, 0.6) is 5.75 Å². The van der Waals surface area contributed by atoms with E-state index in [1.54, 1.807) is 12.1 Å². The molecule has 1 heterocycles. The Kier molecular flexibility index (Phi) is 4.74. The highest BCUT2D eigenvalue weighted by Gasteiger charge is 2.13. The fourth-order valence-corrected chi connectivity index (χ4v) is 2.09. The molecule has 108 valence electrons. The number of phenolic OH excluding ortho intramolecular Hbond substituents is 1. The van der Waals surface area contributed by atoms with Gasteiger partial charge in [-0.1, -0.05) is 25.1 Å². The Morgan fingerprint density at radius 3 is 2.65 bits per heavy atom. The number of benzene rings is 1. The van der Waals surface area contributed by atoms with E-state index in [0.29, 0.717) is 17.3 Å². The maximum atomic E-state index is 9.91. The van der Waals surface area contributed by atoms with E-state index in [2.05, 4.69) is 28.9 Å². The van der Waals surface area contributed by atoms with Crippen molar-refractivity contribution in [3.8, 4) is 17.2 Å². The van der Waals surface area contributed by atoms with E-state index in [1.165, 1.54) is 0 Å². The predicted molar refractivity (Wildman–Crippen MR) is 77.6 cm³/mol. The summed E-state index contributed by atoms with van der Waals surface area (Å²) in [6.07, 6.45) is 0.748. The summed E-state index contributed by atoms with van der Waals surface area (Å²) >= 11 is 0. The van der Waals surface area contributed by atoms with Crippen LogP contribution in [0.25, 0.3) is 11.5 Å². The molecule has 0 saturated heterocycles. The number of hydrogen-bond donors (Lipinski definition) is 1. The molecule has 0 aliphatic carbocycles. The molecule has 1 aromatic heterocycles. The first-order chi connectivity index (χ1) is 9.63. The highest BCUT2D eigenvalue weighted by molar-refractivity contribution is 5.62. The van der Waals surface area contributed by atoms with Crippen molar-refractivity contribution in [3.63, 3.8) is 0 Å². The van der Waals surface area contributed by atoms with E-state index in [4.69, 9.17) is 4.52 Å². The third-order valence-corrected chi connectivity index (χ3v) is 3.40. The van der Waals surface area contributed by atoms with Gasteiger partial charge < -0.3 is 14.5 Å². The first kappa shape index (κ1) is 14.5. The molecule has 0 unspecified atom stereocenters. The van der Waals surface area contributed by atoms with Crippen LogP contribution < -0.4 is 0 Å². The third kappa shape index (κ3) is 3.36. The van der Waals surface area contributed by atoms with E-state index in [1.807, 2.05) is 13.0 Å². The van der Waals surface area contributed by atoms with E-state index in [0.717, 1.165) is 31.6 Å². The van der Waals surface area contributed by atoms with Crippen LogP contribution in [0.15, 0.2) is 22.7 Å². The molecule has 1 N–H and O–H groups in total. The summed E-state index contributed by atoms with van der Waals surface area (Å²) in [6.45, 7) is 9.13. The van der Waals surface area contributed by atoms with Crippen molar-refractivity contribution in [3.05, 3.63) is 29.6 Å². The number of aryl methyl sites for hydroxylation is 1. The van der Waals surface area contributed by atoms with E-state index in [-0.39, 0.29) is 5.75 Å². The Bertz CT molecular complexity index is 562. The predicted octanol–water partition coefficient (Wildman–Crippen LogP) is 2.63. The lowest BCUT2D eigenvalue weighted by Gasteiger charge is -2.16. The SMILES string of the molecule is CCN(CC)CCc1noc(-c2ccc(C)cc2O)n1. The molecule has 0 aliphatic rings. The van der Waals surface area contributed by atoms with Crippen LogP contribution >= 0.6 is 0 Å². The highest BCUT2D eigenvalue weighted by Crippen LogP contribution is 2.28. The maximum absolute atomic E-state index is 9.91. The second kappa shape index (κ2) is 6.52.